The van der Waals surface area contributed by atoms with Gasteiger partial charge in [0.25, 0.3) is 0 Å². The minimum Gasteiger partial charge on any atom is -0.404 e. The lowest BCUT2D eigenvalue weighted by atomic mass is 9.94. The second-order valence-corrected chi connectivity index (χ2v) is 7.64. The molecule has 1 aromatic rings. The monoisotopic (exact) mass is 340 g/mol. The molecule has 0 unspecified atom stereocenters. The van der Waals surface area contributed by atoms with Gasteiger partial charge in [-0.25, -0.2) is 12.7 Å². The third-order valence-electron chi connectivity index (χ3n) is 2.97. The number of para-hydroxylation sites is 1. The Balaban J connectivity index is 3.18. The quantitative estimate of drug-likeness (QED) is 0.862. The average molecular weight is 340 g/mol. The Labute approximate surface area is 127 Å². The number of benzene rings is 1. The lowest BCUT2D eigenvalue weighted by molar-refractivity contribution is -0.275. The number of halogens is 3. The molecule has 0 aromatic heterocycles. The van der Waals surface area contributed by atoms with Crippen molar-refractivity contribution in [1.82, 2.24) is 4.31 Å². The van der Waals surface area contributed by atoms with Crippen molar-refractivity contribution in [3.05, 3.63) is 24.3 Å². The van der Waals surface area contributed by atoms with Crippen LogP contribution in [-0.2, 0) is 10.0 Å². The van der Waals surface area contributed by atoms with Gasteiger partial charge in [0.15, 0.2) is 0 Å². The van der Waals surface area contributed by atoms with Crippen molar-refractivity contribution in [3.8, 4) is 5.75 Å². The molecule has 0 fully saturated rings. The van der Waals surface area contributed by atoms with Crippen LogP contribution in [-0.4, -0.2) is 39.2 Å². The molecule has 0 spiro atoms. The van der Waals surface area contributed by atoms with Crippen LogP contribution in [0.2, 0.25) is 0 Å². The van der Waals surface area contributed by atoms with Crippen molar-refractivity contribution >= 4 is 10.0 Å². The van der Waals surface area contributed by atoms with Gasteiger partial charge in [0.1, 0.15) is 10.6 Å². The number of nitrogens with zero attached hydrogens (tertiary/aromatic N) is 1. The van der Waals surface area contributed by atoms with E-state index in [9.17, 15) is 21.6 Å². The van der Waals surface area contributed by atoms with Gasteiger partial charge in [-0.3, -0.25) is 0 Å². The van der Waals surface area contributed by atoms with E-state index >= 15 is 0 Å². The van der Waals surface area contributed by atoms with E-state index in [4.69, 9.17) is 5.73 Å². The molecule has 126 valence electrons. The highest BCUT2D eigenvalue weighted by molar-refractivity contribution is 7.89. The van der Waals surface area contributed by atoms with Gasteiger partial charge in [-0.2, -0.15) is 0 Å². The van der Waals surface area contributed by atoms with Crippen LogP contribution in [0.15, 0.2) is 29.2 Å². The van der Waals surface area contributed by atoms with E-state index in [0.717, 1.165) is 16.4 Å². The predicted octanol–water partition coefficient (Wildman–Crippen LogP) is 2.19. The van der Waals surface area contributed by atoms with E-state index in [1.165, 1.54) is 19.2 Å². The van der Waals surface area contributed by atoms with Crippen LogP contribution in [0.1, 0.15) is 13.8 Å². The first-order valence-corrected chi connectivity index (χ1v) is 7.84. The largest absolute Gasteiger partial charge is 0.573 e. The molecule has 0 saturated heterocycles. The molecule has 0 atom stereocenters. The van der Waals surface area contributed by atoms with Crippen molar-refractivity contribution in [2.45, 2.75) is 25.1 Å². The molecule has 2 N–H and O–H groups in total. The van der Waals surface area contributed by atoms with Gasteiger partial charge in [-0.05, 0) is 24.1 Å². The molecule has 0 aliphatic rings. The number of ether oxygens (including phenoxy) is 1. The molecule has 5 nitrogen and oxygen atoms in total. The minimum absolute atomic E-state index is 0.0617. The summed E-state index contributed by atoms with van der Waals surface area (Å²) in [6.07, 6.45) is -4.97. The first-order chi connectivity index (χ1) is 9.89. The molecule has 0 amide bonds. The van der Waals surface area contributed by atoms with Crippen molar-refractivity contribution in [3.63, 3.8) is 0 Å². The fourth-order valence-electron chi connectivity index (χ4n) is 1.79. The molecule has 0 heterocycles. The molecule has 0 bridgehead atoms. The van der Waals surface area contributed by atoms with Crippen LogP contribution in [0.4, 0.5) is 13.2 Å². The third kappa shape index (κ3) is 4.85. The van der Waals surface area contributed by atoms with Crippen molar-refractivity contribution < 1.29 is 26.3 Å². The highest BCUT2D eigenvalue weighted by atomic mass is 32.2. The Bertz CT molecular complexity index is 615. The second kappa shape index (κ2) is 6.43. The van der Waals surface area contributed by atoms with E-state index in [1.54, 1.807) is 13.8 Å². The fraction of sp³-hybridized carbons (Fsp3) is 0.538. The lowest BCUT2D eigenvalue weighted by Gasteiger charge is -2.28. The third-order valence-corrected chi connectivity index (χ3v) is 4.81. The number of nitrogens with two attached hydrogens (primary N) is 1. The second-order valence-electron chi connectivity index (χ2n) is 5.62. The van der Waals surface area contributed by atoms with Crippen LogP contribution in [0.25, 0.3) is 0 Å². The summed E-state index contributed by atoms with van der Waals surface area (Å²) in [6.45, 7) is 3.81. The Morgan fingerprint density at radius 1 is 1.23 bits per heavy atom. The van der Waals surface area contributed by atoms with Crippen LogP contribution >= 0.6 is 0 Å². The normalized spacial score (nSPS) is 13.5. The Morgan fingerprint density at radius 3 is 2.27 bits per heavy atom. The first kappa shape index (κ1) is 18.7. The Hall–Kier alpha value is -1.32. The van der Waals surface area contributed by atoms with Gasteiger partial charge >= 0.3 is 6.36 Å². The molecule has 0 radical (unpaired) electrons. The molecular formula is C13H19F3N2O3S. The van der Waals surface area contributed by atoms with E-state index in [0.29, 0.717) is 0 Å². The van der Waals surface area contributed by atoms with Gasteiger partial charge in [0.05, 0.1) is 0 Å². The fourth-order valence-corrected chi connectivity index (χ4v) is 3.26. The summed E-state index contributed by atoms with van der Waals surface area (Å²) >= 11 is 0. The Kier molecular flexibility index (Phi) is 5.47. The van der Waals surface area contributed by atoms with Crippen molar-refractivity contribution in [2.24, 2.45) is 11.1 Å². The topological polar surface area (TPSA) is 72.6 Å². The maximum Gasteiger partial charge on any atom is 0.573 e. The summed E-state index contributed by atoms with van der Waals surface area (Å²) in [6, 6.07) is 4.63. The summed E-state index contributed by atoms with van der Waals surface area (Å²) in [5.74, 6) is -0.757. The predicted molar refractivity (Wildman–Crippen MR) is 75.8 cm³/mol. The van der Waals surface area contributed by atoms with E-state index in [-0.39, 0.29) is 13.1 Å². The van der Waals surface area contributed by atoms with Crippen LogP contribution in [0, 0.1) is 5.41 Å². The molecule has 0 saturated carbocycles. The SMILES string of the molecule is CN(CC(C)(C)CN)S(=O)(=O)c1ccccc1OC(F)(F)F. The highest BCUT2D eigenvalue weighted by Gasteiger charge is 2.35. The smallest absolute Gasteiger partial charge is 0.404 e. The summed E-state index contributed by atoms with van der Waals surface area (Å²) < 4.78 is 66.9. The number of rotatable bonds is 6. The molecule has 0 aliphatic heterocycles. The van der Waals surface area contributed by atoms with Crippen LogP contribution in [0.5, 0.6) is 5.75 Å². The number of sulfonamides is 1. The molecule has 1 rings (SSSR count). The molecule has 0 aliphatic carbocycles. The average Bonchev–Trinajstić information content (AvgIpc) is 2.36. The van der Waals surface area contributed by atoms with Crippen LogP contribution in [0.3, 0.4) is 0 Å². The zero-order valence-corrected chi connectivity index (χ0v) is 13.3. The van der Waals surface area contributed by atoms with Gasteiger partial charge in [0, 0.05) is 13.6 Å². The number of alkyl halides is 3. The van der Waals surface area contributed by atoms with E-state index in [1.807, 2.05) is 0 Å². The van der Waals surface area contributed by atoms with Gasteiger partial charge in [0.2, 0.25) is 10.0 Å². The van der Waals surface area contributed by atoms with Crippen LogP contribution < -0.4 is 10.5 Å². The summed E-state index contributed by atoms with van der Waals surface area (Å²) in [5, 5.41) is 0. The van der Waals surface area contributed by atoms with Gasteiger partial charge in [-0.15, -0.1) is 13.2 Å². The number of hydrogen-bond donors (Lipinski definition) is 1. The zero-order chi connectivity index (χ0) is 17.2. The summed E-state index contributed by atoms with van der Waals surface area (Å²) in [7, 11) is -2.84. The molecule has 9 heteroatoms. The summed E-state index contributed by atoms with van der Waals surface area (Å²) in [4.78, 5) is -0.539. The van der Waals surface area contributed by atoms with E-state index in [2.05, 4.69) is 4.74 Å². The molecule has 22 heavy (non-hydrogen) atoms. The van der Waals surface area contributed by atoms with Crippen molar-refractivity contribution in [1.29, 1.82) is 0 Å². The summed E-state index contributed by atoms with van der Waals surface area (Å²) in [5.41, 5.74) is 5.04. The standard InChI is InChI=1S/C13H19F3N2O3S/c1-12(2,8-17)9-18(3)22(19,20)11-7-5-4-6-10(11)21-13(14,15)16/h4-7H,8-9,17H2,1-3H3. The van der Waals surface area contributed by atoms with Crippen molar-refractivity contribution in [2.75, 3.05) is 20.1 Å². The maximum atomic E-state index is 12.5. The first-order valence-electron chi connectivity index (χ1n) is 6.40. The van der Waals surface area contributed by atoms with Gasteiger partial charge < -0.3 is 10.5 Å². The molecular weight excluding hydrogens is 321 g/mol. The lowest BCUT2D eigenvalue weighted by Crippen LogP contribution is -2.40. The van der Waals surface area contributed by atoms with E-state index < -0.39 is 32.4 Å². The van der Waals surface area contributed by atoms with Gasteiger partial charge in [-0.1, -0.05) is 26.0 Å². The zero-order valence-electron chi connectivity index (χ0n) is 12.5. The maximum absolute atomic E-state index is 12.5. The minimum atomic E-state index is -4.97. The number of hydrogen-bond acceptors (Lipinski definition) is 4. The highest BCUT2D eigenvalue weighted by Crippen LogP contribution is 2.31. The molecule has 1 aromatic carbocycles. The Morgan fingerprint density at radius 2 is 1.77 bits per heavy atom.